The molecular formula is C23H33FN4O. The molecule has 4 aliphatic rings. The lowest BCUT2D eigenvalue weighted by atomic mass is 9.46. The van der Waals surface area contributed by atoms with E-state index in [-0.39, 0.29) is 5.82 Å². The van der Waals surface area contributed by atoms with Crippen molar-refractivity contribution in [2.75, 3.05) is 31.1 Å². The van der Waals surface area contributed by atoms with E-state index >= 15 is 0 Å². The summed E-state index contributed by atoms with van der Waals surface area (Å²) in [6.07, 6.45) is 7.63. The molecule has 2 aliphatic carbocycles. The van der Waals surface area contributed by atoms with Gasteiger partial charge in [0, 0.05) is 55.3 Å². The molecule has 29 heavy (non-hydrogen) atoms. The summed E-state index contributed by atoms with van der Waals surface area (Å²) in [4.78, 5) is 7.04. The van der Waals surface area contributed by atoms with Crippen molar-refractivity contribution in [2.45, 2.75) is 63.6 Å². The van der Waals surface area contributed by atoms with Gasteiger partial charge >= 0.3 is 0 Å². The predicted octanol–water partition coefficient (Wildman–Crippen LogP) is 3.31. The number of benzene rings is 1. The highest BCUT2D eigenvalue weighted by Gasteiger charge is 2.66. The maximum Gasteiger partial charge on any atom is 0.191 e. The van der Waals surface area contributed by atoms with Crippen LogP contribution in [0.1, 0.15) is 45.4 Å². The first kappa shape index (κ1) is 19.2. The maximum absolute atomic E-state index is 13.5. The Labute approximate surface area is 173 Å². The monoisotopic (exact) mass is 400 g/mol. The van der Waals surface area contributed by atoms with Gasteiger partial charge in [-0.25, -0.2) is 4.39 Å². The van der Waals surface area contributed by atoms with Gasteiger partial charge in [-0.05, 0) is 57.2 Å². The second-order valence-electron chi connectivity index (χ2n) is 9.16. The van der Waals surface area contributed by atoms with Crippen molar-refractivity contribution in [3.63, 3.8) is 0 Å². The number of nitrogens with zero attached hydrogens (tertiary/aromatic N) is 2. The van der Waals surface area contributed by atoms with E-state index in [1.807, 2.05) is 6.07 Å². The summed E-state index contributed by atoms with van der Waals surface area (Å²) in [7, 11) is 0. The van der Waals surface area contributed by atoms with Crippen LogP contribution in [0.2, 0.25) is 0 Å². The Bertz CT molecular complexity index is 757. The molecule has 0 bridgehead atoms. The Kier molecular flexibility index (Phi) is 5.14. The average Bonchev–Trinajstić information content (AvgIpc) is 3.10. The Morgan fingerprint density at radius 1 is 1.24 bits per heavy atom. The highest BCUT2D eigenvalue weighted by Crippen LogP contribution is 2.62. The number of piperidine rings is 1. The normalized spacial score (nSPS) is 31.2. The molecule has 0 aromatic heterocycles. The average molecular weight is 401 g/mol. The number of rotatable bonds is 4. The van der Waals surface area contributed by atoms with Crippen LogP contribution in [0.15, 0.2) is 29.3 Å². The number of aliphatic imine (C=N–C) groups is 1. The second-order valence-corrected chi connectivity index (χ2v) is 9.16. The molecule has 4 fully saturated rings. The maximum atomic E-state index is 13.5. The van der Waals surface area contributed by atoms with Gasteiger partial charge in [-0.2, -0.15) is 0 Å². The van der Waals surface area contributed by atoms with E-state index in [4.69, 9.17) is 9.73 Å². The fourth-order valence-corrected chi connectivity index (χ4v) is 6.04. The highest BCUT2D eigenvalue weighted by molar-refractivity contribution is 5.81. The van der Waals surface area contributed by atoms with Crippen molar-refractivity contribution in [2.24, 2.45) is 16.3 Å². The van der Waals surface area contributed by atoms with Crippen LogP contribution in [0.25, 0.3) is 0 Å². The Morgan fingerprint density at radius 2 is 2.07 bits per heavy atom. The van der Waals surface area contributed by atoms with Gasteiger partial charge in [0.1, 0.15) is 5.82 Å². The van der Waals surface area contributed by atoms with Crippen LogP contribution >= 0.6 is 0 Å². The topological polar surface area (TPSA) is 48.9 Å². The van der Waals surface area contributed by atoms with Gasteiger partial charge in [-0.15, -0.1) is 0 Å². The van der Waals surface area contributed by atoms with Crippen LogP contribution < -0.4 is 15.5 Å². The van der Waals surface area contributed by atoms with Crippen molar-refractivity contribution in [1.29, 1.82) is 0 Å². The van der Waals surface area contributed by atoms with E-state index in [0.29, 0.717) is 29.5 Å². The summed E-state index contributed by atoms with van der Waals surface area (Å²) in [5.74, 6) is 1.45. The minimum Gasteiger partial charge on any atom is -0.377 e. The van der Waals surface area contributed by atoms with Crippen molar-refractivity contribution in [3.8, 4) is 0 Å². The third-order valence-electron chi connectivity index (χ3n) is 7.65. The number of halogens is 1. The zero-order valence-corrected chi connectivity index (χ0v) is 17.4. The summed E-state index contributed by atoms with van der Waals surface area (Å²) >= 11 is 0. The number of anilines is 1. The first-order chi connectivity index (χ1) is 14.2. The van der Waals surface area contributed by atoms with Crippen LogP contribution in [-0.4, -0.2) is 50.4 Å². The molecule has 2 saturated carbocycles. The number of guanidine groups is 1. The zero-order chi connectivity index (χ0) is 19.8. The van der Waals surface area contributed by atoms with Gasteiger partial charge in [0.25, 0.3) is 0 Å². The third kappa shape index (κ3) is 3.39. The first-order valence-corrected chi connectivity index (χ1v) is 11.4. The first-order valence-electron chi connectivity index (χ1n) is 11.4. The third-order valence-corrected chi connectivity index (χ3v) is 7.65. The number of nitrogens with one attached hydrogen (secondary N) is 2. The van der Waals surface area contributed by atoms with Crippen molar-refractivity contribution >= 4 is 11.6 Å². The molecule has 0 radical (unpaired) electrons. The molecule has 3 unspecified atom stereocenters. The van der Waals surface area contributed by atoms with E-state index in [1.54, 1.807) is 12.1 Å². The molecular weight excluding hydrogens is 367 g/mol. The van der Waals surface area contributed by atoms with E-state index in [2.05, 4.69) is 22.5 Å². The molecule has 2 saturated heterocycles. The Balaban J connectivity index is 1.18. The summed E-state index contributed by atoms with van der Waals surface area (Å²) in [5.41, 5.74) is 1.34. The fourth-order valence-electron chi connectivity index (χ4n) is 6.04. The van der Waals surface area contributed by atoms with Crippen LogP contribution in [0.3, 0.4) is 0 Å². The lowest BCUT2D eigenvalue weighted by Gasteiger charge is -2.63. The Hall–Kier alpha value is -1.82. The zero-order valence-electron chi connectivity index (χ0n) is 17.4. The summed E-state index contributed by atoms with van der Waals surface area (Å²) in [6, 6.07) is 7.84. The van der Waals surface area contributed by atoms with Crippen LogP contribution in [0.4, 0.5) is 10.1 Å². The predicted molar refractivity (Wildman–Crippen MR) is 114 cm³/mol. The van der Waals surface area contributed by atoms with E-state index in [1.165, 1.54) is 31.7 Å². The number of fused-ring (bicyclic) bond motifs is 2. The lowest BCUT2D eigenvalue weighted by molar-refractivity contribution is -0.171. The quantitative estimate of drug-likeness (QED) is 0.601. The largest absolute Gasteiger partial charge is 0.377 e. The standard InChI is InChI=1S/C23H33FN4O/c1-2-25-22(27-20-19-9-14-29-21(19)23(20)10-4-11-23)26-17-7-12-28(13-8-17)18-6-3-5-16(24)15-18/h3,5-6,15,17,19-21H,2,4,7-14H2,1H3,(H2,25,26,27). The van der Waals surface area contributed by atoms with E-state index in [9.17, 15) is 4.39 Å². The van der Waals surface area contributed by atoms with E-state index < -0.39 is 0 Å². The molecule has 158 valence electrons. The van der Waals surface area contributed by atoms with Gasteiger partial charge in [0.05, 0.1) is 6.10 Å². The van der Waals surface area contributed by atoms with Crippen molar-refractivity contribution < 1.29 is 9.13 Å². The van der Waals surface area contributed by atoms with Gasteiger partial charge in [0.15, 0.2) is 5.96 Å². The number of ether oxygens (including phenoxy) is 1. The molecule has 3 atom stereocenters. The second kappa shape index (κ2) is 7.78. The minimum absolute atomic E-state index is 0.163. The summed E-state index contributed by atoms with van der Waals surface area (Å²) in [6.45, 7) is 5.67. The van der Waals surface area contributed by atoms with Crippen LogP contribution in [0.5, 0.6) is 0 Å². The molecule has 0 amide bonds. The molecule has 2 heterocycles. The molecule has 6 heteroatoms. The van der Waals surface area contributed by atoms with Gasteiger partial charge in [-0.1, -0.05) is 12.5 Å². The molecule has 2 aliphatic heterocycles. The van der Waals surface area contributed by atoms with Crippen molar-refractivity contribution in [1.82, 2.24) is 10.6 Å². The van der Waals surface area contributed by atoms with Crippen molar-refractivity contribution in [3.05, 3.63) is 30.1 Å². The minimum atomic E-state index is -0.163. The van der Waals surface area contributed by atoms with Gasteiger partial charge < -0.3 is 20.3 Å². The van der Waals surface area contributed by atoms with Crippen LogP contribution in [0, 0.1) is 17.2 Å². The highest BCUT2D eigenvalue weighted by atomic mass is 19.1. The van der Waals surface area contributed by atoms with Crippen LogP contribution in [-0.2, 0) is 4.74 Å². The fraction of sp³-hybridized carbons (Fsp3) is 0.696. The Morgan fingerprint density at radius 3 is 2.76 bits per heavy atom. The molecule has 5 nitrogen and oxygen atoms in total. The molecule has 1 aromatic rings. The molecule has 5 rings (SSSR count). The molecule has 1 aromatic carbocycles. The van der Waals surface area contributed by atoms with Gasteiger partial charge in [0.2, 0.25) is 0 Å². The van der Waals surface area contributed by atoms with Gasteiger partial charge in [-0.3, -0.25) is 4.99 Å². The van der Waals surface area contributed by atoms with E-state index in [0.717, 1.165) is 50.7 Å². The number of hydrogen-bond acceptors (Lipinski definition) is 3. The lowest BCUT2D eigenvalue weighted by Crippen LogP contribution is -2.72. The summed E-state index contributed by atoms with van der Waals surface area (Å²) in [5, 5.41) is 7.51. The number of hydrogen-bond donors (Lipinski definition) is 2. The SMILES string of the molecule is CCN=C(NC1CCN(c2cccc(F)c2)CC1)NC1C2CCOC2C12CCC2. The smallest absolute Gasteiger partial charge is 0.191 e. The molecule has 1 spiro atoms. The molecule has 2 N–H and O–H groups in total. The summed E-state index contributed by atoms with van der Waals surface area (Å²) < 4.78 is 19.6.